The highest BCUT2D eigenvalue weighted by Crippen LogP contribution is 2.55. The molecule has 3 saturated heterocycles. The van der Waals surface area contributed by atoms with Crippen molar-refractivity contribution in [2.75, 3.05) is 38.6 Å². The van der Waals surface area contributed by atoms with Gasteiger partial charge in [-0.1, -0.05) is 43.9 Å². The summed E-state index contributed by atoms with van der Waals surface area (Å²) in [6, 6.07) is 6.50. The van der Waals surface area contributed by atoms with E-state index in [-0.39, 0.29) is 23.8 Å². The molecule has 2 N–H and O–H groups in total. The second kappa shape index (κ2) is 10.9. The molecule has 1 saturated carbocycles. The minimum atomic E-state index is -1.13. The number of carbonyl (C=O) groups is 3. The van der Waals surface area contributed by atoms with Crippen molar-refractivity contribution >= 4 is 23.4 Å². The molecular formula is C30H40N4O5. The molecule has 1 spiro atoms. The highest BCUT2D eigenvalue weighted by molar-refractivity contribution is 6.02. The van der Waals surface area contributed by atoms with E-state index in [1.54, 1.807) is 24.1 Å². The first-order chi connectivity index (χ1) is 19.0. The van der Waals surface area contributed by atoms with Gasteiger partial charge in [0.25, 0.3) is 0 Å². The van der Waals surface area contributed by atoms with Crippen LogP contribution in [0.2, 0.25) is 0 Å². The average Bonchev–Trinajstić information content (AvgIpc) is 3.60. The van der Waals surface area contributed by atoms with E-state index in [1.165, 1.54) is 12.8 Å². The monoisotopic (exact) mass is 536 g/mol. The lowest BCUT2D eigenvalue weighted by Crippen LogP contribution is -2.57. The summed E-state index contributed by atoms with van der Waals surface area (Å²) in [6.07, 6.45) is 12.1. The topological polar surface area (TPSA) is 100 Å². The smallest absolute Gasteiger partial charge is 0.246 e. The van der Waals surface area contributed by atoms with Crippen molar-refractivity contribution in [1.29, 1.82) is 0 Å². The Bertz CT molecular complexity index is 1130. The number of benzene rings is 1. The van der Waals surface area contributed by atoms with Crippen LogP contribution in [0, 0.1) is 11.8 Å². The highest BCUT2D eigenvalue weighted by Gasteiger charge is 2.72. The number of hydrogen-bond donors (Lipinski definition) is 2. The number of amides is 3. The van der Waals surface area contributed by atoms with Gasteiger partial charge in [-0.05, 0) is 50.9 Å². The molecule has 4 aliphatic heterocycles. The maximum absolute atomic E-state index is 14.1. The number of hydrogen-bond acceptors (Lipinski definition) is 6. The number of nitrogens with zero attached hydrogens (tertiary/aromatic N) is 2. The number of rotatable bonds is 8. The van der Waals surface area contributed by atoms with Gasteiger partial charge in [0.05, 0.1) is 25.0 Å². The largest absolute Gasteiger partial charge is 0.497 e. The van der Waals surface area contributed by atoms with E-state index in [4.69, 9.17) is 9.47 Å². The molecule has 9 heteroatoms. The molecule has 1 aromatic rings. The predicted molar refractivity (Wildman–Crippen MR) is 146 cm³/mol. The van der Waals surface area contributed by atoms with Gasteiger partial charge in [0.15, 0.2) is 0 Å². The summed E-state index contributed by atoms with van der Waals surface area (Å²) in [5, 5.41) is 6.23. The predicted octanol–water partition coefficient (Wildman–Crippen LogP) is 2.72. The van der Waals surface area contributed by atoms with Crippen LogP contribution < -0.4 is 15.4 Å². The van der Waals surface area contributed by atoms with Gasteiger partial charge in [-0.3, -0.25) is 14.4 Å². The number of piperidine rings is 1. The Morgan fingerprint density at radius 3 is 2.59 bits per heavy atom. The fraction of sp³-hybridized carbons (Fsp3) is 0.633. The summed E-state index contributed by atoms with van der Waals surface area (Å²) in [7, 11) is 1.58. The van der Waals surface area contributed by atoms with Gasteiger partial charge < -0.3 is 29.9 Å². The zero-order valence-electron chi connectivity index (χ0n) is 22.8. The summed E-state index contributed by atoms with van der Waals surface area (Å²) in [6.45, 7) is 3.20. The minimum absolute atomic E-state index is 0.121. The Morgan fingerprint density at radius 1 is 1.05 bits per heavy atom. The minimum Gasteiger partial charge on any atom is -0.497 e. The molecule has 3 amide bonds. The summed E-state index contributed by atoms with van der Waals surface area (Å²) in [4.78, 5) is 45.8. The molecular weight excluding hydrogens is 496 g/mol. The van der Waals surface area contributed by atoms with E-state index in [2.05, 4.69) is 15.5 Å². The molecule has 5 aliphatic rings. The second-order valence-electron chi connectivity index (χ2n) is 11.7. The lowest BCUT2D eigenvalue weighted by atomic mass is 9.74. The zero-order valence-corrected chi connectivity index (χ0v) is 22.8. The number of methoxy groups -OCH3 is 1. The maximum Gasteiger partial charge on any atom is 0.246 e. The molecule has 0 radical (unpaired) electrons. The average molecular weight is 537 g/mol. The summed E-state index contributed by atoms with van der Waals surface area (Å²) in [5.41, 5.74) is -0.530. The van der Waals surface area contributed by atoms with Crippen LogP contribution in [0.4, 0.5) is 5.69 Å². The fourth-order valence-corrected chi connectivity index (χ4v) is 7.39. The van der Waals surface area contributed by atoms with Crippen molar-refractivity contribution in [2.24, 2.45) is 11.8 Å². The molecule has 39 heavy (non-hydrogen) atoms. The van der Waals surface area contributed by atoms with Crippen molar-refractivity contribution in [3.63, 3.8) is 0 Å². The van der Waals surface area contributed by atoms with E-state index in [9.17, 15) is 14.4 Å². The molecule has 5 unspecified atom stereocenters. The summed E-state index contributed by atoms with van der Waals surface area (Å²) < 4.78 is 11.8. The van der Waals surface area contributed by atoms with Crippen molar-refractivity contribution in [3.8, 4) is 5.75 Å². The van der Waals surface area contributed by atoms with Gasteiger partial charge in [0.1, 0.15) is 17.4 Å². The van der Waals surface area contributed by atoms with Crippen LogP contribution in [0.5, 0.6) is 5.75 Å². The van der Waals surface area contributed by atoms with Crippen LogP contribution in [0.25, 0.3) is 0 Å². The summed E-state index contributed by atoms with van der Waals surface area (Å²) in [5.74, 6) is -1.40. The molecule has 6 rings (SSSR count). The van der Waals surface area contributed by atoms with Gasteiger partial charge in [-0.25, -0.2) is 0 Å². The molecule has 2 bridgehead atoms. The molecule has 1 aliphatic carbocycles. The first-order valence-electron chi connectivity index (χ1n) is 14.7. The highest BCUT2D eigenvalue weighted by atomic mass is 16.5. The quantitative estimate of drug-likeness (QED) is 0.496. The van der Waals surface area contributed by atoms with Crippen LogP contribution in [-0.2, 0) is 19.1 Å². The number of fused-ring (bicyclic) bond motifs is 1. The van der Waals surface area contributed by atoms with Crippen molar-refractivity contribution in [3.05, 3.63) is 36.4 Å². The van der Waals surface area contributed by atoms with Gasteiger partial charge in [-0.2, -0.15) is 0 Å². The first kappa shape index (κ1) is 26.3. The van der Waals surface area contributed by atoms with Crippen LogP contribution in [0.1, 0.15) is 51.4 Å². The number of nitrogens with one attached hydrogen (secondary N) is 2. The fourth-order valence-electron chi connectivity index (χ4n) is 7.39. The van der Waals surface area contributed by atoms with E-state index in [0.717, 1.165) is 58.2 Å². The third-order valence-electron chi connectivity index (χ3n) is 9.32. The van der Waals surface area contributed by atoms with Crippen LogP contribution in [-0.4, -0.2) is 84.6 Å². The third-order valence-corrected chi connectivity index (χ3v) is 9.32. The zero-order chi connectivity index (χ0) is 27.0. The van der Waals surface area contributed by atoms with Crippen LogP contribution >= 0.6 is 0 Å². The van der Waals surface area contributed by atoms with Gasteiger partial charge in [0.2, 0.25) is 17.7 Å². The molecule has 210 valence electrons. The normalized spacial score (nSPS) is 32.3. The van der Waals surface area contributed by atoms with Gasteiger partial charge in [-0.15, -0.1) is 0 Å². The van der Waals surface area contributed by atoms with Crippen LogP contribution in [0.15, 0.2) is 36.4 Å². The molecule has 0 aromatic heterocycles. The van der Waals surface area contributed by atoms with E-state index >= 15 is 0 Å². The SMILES string of the molecule is COc1cccc(NC(=O)C2C3C=CC4(O3)C2C(=O)N(CCN2CCCCC2)C4C(=O)NC2CCCCC2)c1. The van der Waals surface area contributed by atoms with Crippen molar-refractivity contribution in [1.82, 2.24) is 15.1 Å². The maximum atomic E-state index is 14.1. The van der Waals surface area contributed by atoms with E-state index in [0.29, 0.717) is 18.0 Å². The number of ether oxygens (including phenoxy) is 2. The number of anilines is 1. The van der Waals surface area contributed by atoms with E-state index in [1.807, 2.05) is 24.3 Å². The molecule has 4 heterocycles. The Labute approximate surface area is 230 Å². The molecule has 9 nitrogen and oxygen atoms in total. The number of carbonyl (C=O) groups excluding carboxylic acids is 3. The lowest BCUT2D eigenvalue weighted by Gasteiger charge is -2.35. The Hall–Kier alpha value is -2.91. The lowest BCUT2D eigenvalue weighted by molar-refractivity contribution is -0.141. The van der Waals surface area contributed by atoms with Crippen molar-refractivity contribution < 1.29 is 23.9 Å². The van der Waals surface area contributed by atoms with Gasteiger partial charge >= 0.3 is 0 Å². The molecule has 5 atom stereocenters. The molecule has 1 aromatic carbocycles. The Balaban J connectivity index is 1.26. The first-order valence-corrected chi connectivity index (χ1v) is 14.7. The van der Waals surface area contributed by atoms with Crippen molar-refractivity contribution in [2.45, 2.75) is 75.2 Å². The van der Waals surface area contributed by atoms with Crippen LogP contribution in [0.3, 0.4) is 0 Å². The van der Waals surface area contributed by atoms with Gasteiger partial charge in [0, 0.05) is 30.9 Å². The molecule has 4 fully saturated rings. The third kappa shape index (κ3) is 4.84. The number of likely N-dealkylation sites (tertiary alicyclic amines) is 2. The van der Waals surface area contributed by atoms with E-state index < -0.39 is 29.6 Å². The summed E-state index contributed by atoms with van der Waals surface area (Å²) >= 11 is 0. The standard InChI is InChI=1S/C30H40N4O5/c1-38-22-12-8-11-21(19-22)32-27(35)24-23-13-14-30(39-23)25(24)29(37)34(18-17-33-15-6-3-7-16-33)26(30)28(36)31-20-9-4-2-5-10-20/h8,11-14,19-20,23-26H,2-7,9-10,15-18H2,1H3,(H,31,36)(H,32,35). The Morgan fingerprint density at radius 2 is 1.82 bits per heavy atom. The Kier molecular flexibility index (Phi) is 7.37. The second-order valence-corrected chi connectivity index (χ2v) is 11.7.